The van der Waals surface area contributed by atoms with E-state index < -0.39 is 30.9 Å². The summed E-state index contributed by atoms with van der Waals surface area (Å²) in [6, 6.07) is 14.8. The normalized spacial score (nSPS) is 15.8. The van der Waals surface area contributed by atoms with E-state index in [4.69, 9.17) is 4.55 Å². The molecule has 0 aromatic heterocycles. The summed E-state index contributed by atoms with van der Waals surface area (Å²) in [5.41, 5.74) is -0.147. The summed E-state index contributed by atoms with van der Waals surface area (Å²) in [6.45, 7) is 0.931. The number of piperazine rings is 1. The van der Waals surface area contributed by atoms with Gasteiger partial charge in [-0.05, 0) is 30.3 Å². The molecule has 0 radical (unpaired) electrons. The van der Waals surface area contributed by atoms with Crippen LogP contribution in [0.25, 0.3) is 0 Å². The Labute approximate surface area is 186 Å². The first-order valence-corrected chi connectivity index (χ1v) is 12.3. The Kier molecular flexibility index (Phi) is 6.95. The Bertz CT molecular complexity index is 1280. The van der Waals surface area contributed by atoms with Crippen LogP contribution in [0.15, 0.2) is 76.2 Å². The molecular weight excluding hydrogens is 456 g/mol. The first-order valence-electron chi connectivity index (χ1n) is 9.41. The molecule has 0 unspecified atom stereocenters. The standard InChI is InChI=1S/C20H20N4O6S2/c21-14-16(20(25)22-17-5-4-8-19(13-17)32(28,29)30)15-23-9-11-24(12-10-23)31(26,27)18-6-2-1-3-7-18/h1-8,13,15H,9-12H2,(H,22,25)(H,28,29,30)/b16-15-. The number of carbonyl (C=O) groups excluding carboxylic acids is 1. The number of carbonyl (C=O) groups is 1. The van der Waals surface area contributed by atoms with Crippen molar-refractivity contribution < 1.29 is 26.2 Å². The summed E-state index contributed by atoms with van der Waals surface area (Å²) in [6.07, 6.45) is 1.34. The van der Waals surface area contributed by atoms with Gasteiger partial charge in [0.15, 0.2) is 0 Å². The highest BCUT2D eigenvalue weighted by Gasteiger charge is 2.28. The van der Waals surface area contributed by atoms with Crippen molar-refractivity contribution in [3.63, 3.8) is 0 Å². The number of nitrogens with zero attached hydrogens (tertiary/aromatic N) is 3. The Balaban J connectivity index is 1.67. The molecular formula is C20H20N4O6S2. The van der Waals surface area contributed by atoms with Gasteiger partial charge in [-0.15, -0.1) is 0 Å². The SMILES string of the molecule is N#C/C(=C/N1CCN(S(=O)(=O)c2ccccc2)CC1)C(=O)Nc1cccc(S(=O)(=O)O)c1. The molecule has 10 nitrogen and oxygen atoms in total. The van der Waals surface area contributed by atoms with Crippen LogP contribution in [-0.4, -0.2) is 62.7 Å². The van der Waals surface area contributed by atoms with Crippen LogP contribution in [0.3, 0.4) is 0 Å². The predicted octanol–water partition coefficient (Wildman–Crippen LogP) is 1.29. The number of amides is 1. The van der Waals surface area contributed by atoms with E-state index in [9.17, 15) is 26.9 Å². The lowest BCUT2D eigenvalue weighted by Gasteiger charge is -2.33. The smallest absolute Gasteiger partial charge is 0.294 e. The summed E-state index contributed by atoms with van der Waals surface area (Å²) >= 11 is 0. The maximum absolute atomic E-state index is 12.7. The number of benzene rings is 2. The van der Waals surface area contributed by atoms with Crippen LogP contribution in [0, 0.1) is 11.3 Å². The van der Waals surface area contributed by atoms with Gasteiger partial charge in [0.2, 0.25) is 10.0 Å². The van der Waals surface area contributed by atoms with Gasteiger partial charge in [0, 0.05) is 38.1 Å². The van der Waals surface area contributed by atoms with Gasteiger partial charge in [-0.2, -0.15) is 18.0 Å². The molecule has 2 N–H and O–H groups in total. The van der Waals surface area contributed by atoms with E-state index in [0.717, 1.165) is 12.1 Å². The predicted molar refractivity (Wildman–Crippen MR) is 115 cm³/mol. The molecule has 1 fully saturated rings. The highest BCUT2D eigenvalue weighted by molar-refractivity contribution is 7.89. The van der Waals surface area contributed by atoms with Gasteiger partial charge in [-0.3, -0.25) is 9.35 Å². The number of rotatable bonds is 6. The molecule has 168 valence electrons. The lowest BCUT2D eigenvalue weighted by molar-refractivity contribution is -0.112. The Morgan fingerprint density at radius 2 is 1.59 bits per heavy atom. The molecule has 1 aliphatic heterocycles. The lowest BCUT2D eigenvalue weighted by Crippen LogP contribution is -2.46. The van der Waals surface area contributed by atoms with E-state index in [2.05, 4.69) is 5.32 Å². The fraction of sp³-hybridized carbons (Fsp3) is 0.200. The van der Waals surface area contributed by atoms with Crippen molar-refractivity contribution in [2.45, 2.75) is 9.79 Å². The highest BCUT2D eigenvalue weighted by Crippen LogP contribution is 2.19. The molecule has 12 heteroatoms. The minimum Gasteiger partial charge on any atom is -0.373 e. The number of nitriles is 1. The van der Waals surface area contributed by atoms with Crippen molar-refractivity contribution in [3.05, 3.63) is 66.4 Å². The zero-order valence-corrected chi connectivity index (χ0v) is 18.4. The van der Waals surface area contributed by atoms with Gasteiger partial charge in [0.25, 0.3) is 16.0 Å². The number of anilines is 1. The van der Waals surface area contributed by atoms with Crippen molar-refractivity contribution in [3.8, 4) is 6.07 Å². The van der Waals surface area contributed by atoms with E-state index in [0.29, 0.717) is 0 Å². The zero-order valence-electron chi connectivity index (χ0n) is 16.7. The van der Waals surface area contributed by atoms with Crippen LogP contribution in [0.1, 0.15) is 0 Å². The molecule has 2 aromatic carbocycles. The lowest BCUT2D eigenvalue weighted by atomic mass is 10.2. The molecule has 1 saturated heterocycles. The Morgan fingerprint density at radius 3 is 2.19 bits per heavy atom. The van der Waals surface area contributed by atoms with Crippen LogP contribution in [0.5, 0.6) is 0 Å². The maximum Gasteiger partial charge on any atom is 0.294 e. The summed E-state index contributed by atoms with van der Waals surface area (Å²) in [4.78, 5) is 13.9. The molecule has 2 aromatic rings. The minimum atomic E-state index is -4.44. The molecule has 0 aliphatic carbocycles. The van der Waals surface area contributed by atoms with Crippen molar-refractivity contribution in [1.82, 2.24) is 9.21 Å². The molecule has 0 saturated carbocycles. The molecule has 0 bridgehead atoms. The third-order valence-corrected chi connectivity index (χ3v) is 7.48. The summed E-state index contributed by atoms with van der Waals surface area (Å²) in [7, 11) is -8.06. The van der Waals surface area contributed by atoms with E-state index in [1.54, 1.807) is 29.2 Å². The monoisotopic (exact) mass is 476 g/mol. The van der Waals surface area contributed by atoms with E-state index in [-0.39, 0.29) is 42.3 Å². The fourth-order valence-corrected chi connectivity index (χ4v) is 5.04. The number of nitrogens with one attached hydrogen (secondary N) is 1. The number of hydrogen-bond acceptors (Lipinski definition) is 7. The van der Waals surface area contributed by atoms with E-state index >= 15 is 0 Å². The fourth-order valence-electron chi connectivity index (χ4n) is 3.07. The van der Waals surface area contributed by atoms with Gasteiger partial charge in [0.05, 0.1) is 9.79 Å². The van der Waals surface area contributed by atoms with Gasteiger partial charge < -0.3 is 10.2 Å². The average Bonchev–Trinajstić information content (AvgIpc) is 2.78. The quantitative estimate of drug-likeness (QED) is 0.360. The number of sulfonamides is 1. The summed E-state index contributed by atoms with van der Waals surface area (Å²) in [5.74, 6) is -0.765. The zero-order chi connectivity index (χ0) is 23.4. The molecule has 1 heterocycles. The second-order valence-electron chi connectivity index (χ2n) is 6.86. The van der Waals surface area contributed by atoms with Crippen molar-refractivity contribution >= 4 is 31.7 Å². The van der Waals surface area contributed by atoms with Crippen LogP contribution in [0.2, 0.25) is 0 Å². The molecule has 3 rings (SSSR count). The van der Waals surface area contributed by atoms with Crippen LogP contribution < -0.4 is 5.32 Å². The molecule has 1 amide bonds. The third kappa shape index (κ3) is 5.51. The van der Waals surface area contributed by atoms with E-state index in [1.807, 2.05) is 0 Å². The second-order valence-corrected chi connectivity index (χ2v) is 10.2. The topological polar surface area (TPSA) is 148 Å². The minimum absolute atomic E-state index is 0.0880. The van der Waals surface area contributed by atoms with Crippen molar-refractivity contribution in [2.24, 2.45) is 0 Å². The first-order chi connectivity index (χ1) is 15.1. The van der Waals surface area contributed by atoms with Crippen molar-refractivity contribution in [2.75, 3.05) is 31.5 Å². The molecule has 32 heavy (non-hydrogen) atoms. The Morgan fingerprint density at radius 1 is 0.969 bits per heavy atom. The average molecular weight is 477 g/mol. The van der Waals surface area contributed by atoms with Gasteiger partial charge in [-0.1, -0.05) is 24.3 Å². The van der Waals surface area contributed by atoms with Gasteiger partial charge >= 0.3 is 0 Å². The largest absolute Gasteiger partial charge is 0.373 e. The first kappa shape index (κ1) is 23.4. The van der Waals surface area contributed by atoms with Crippen LogP contribution in [-0.2, 0) is 24.9 Å². The number of hydrogen-bond donors (Lipinski definition) is 2. The summed E-state index contributed by atoms with van der Waals surface area (Å²) in [5, 5.41) is 11.8. The highest BCUT2D eigenvalue weighted by atomic mass is 32.2. The van der Waals surface area contributed by atoms with Gasteiger partial charge in [0.1, 0.15) is 11.6 Å². The third-order valence-electron chi connectivity index (χ3n) is 4.72. The van der Waals surface area contributed by atoms with Gasteiger partial charge in [-0.25, -0.2) is 8.42 Å². The molecule has 0 atom stereocenters. The van der Waals surface area contributed by atoms with Crippen LogP contribution >= 0.6 is 0 Å². The molecule has 0 spiro atoms. The van der Waals surface area contributed by atoms with Crippen LogP contribution in [0.4, 0.5) is 5.69 Å². The summed E-state index contributed by atoms with van der Waals surface area (Å²) < 4.78 is 58.3. The van der Waals surface area contributed by atoms with E-state index in [1.165, 1.54) is 34.8 Å². The van der Waals surface area contributed by atoms with Crippen molar-refractivity contribution in [1.29, 1.82) is 5.26 Å². The Hall–Kier alpha value is -3.24. The maximum atomic E-state index is 12.7. The second kappa shape index (κ2) is 9.49. The molecule has 1 aliphatic rings.